The summed E-state index contributed by atoms with van der Waals surface area (Å²) in [6.07, 6.45) is 3.95. The second-order valence-corrected chi connectivity index (χ2v) is 10.1. The second kappa shape index (κ2) is 9.50. The summed E-state index contributed by atoms with van der Waals surface area (Å²) < 4.78 is 1.85. The minimum atomic E-state index is 0.688. The first-order valence-electron chi connectivity index (χ1n) is 13.6. The molecule has 0 spiro atoms. The third kappa shape index (κ3) is 4.12. The van der Waals surface area contributed by atoms with Crippen LogP contribution in [-0.2, 0) is 0 Å². The minimum Gasteiger partial charge on any atom is -0.254 e. The van der Waals surface area contributed by atoms with Gasteiger partial charge in [0.25, 0.3) is 0 Å². The largest absolute Gasteiger partial charge is 0.254 e. The molecule has 8 rings (SSSR count). The van der Waals surface area contributed by atoms with Crippen LogP contribution in [-0.4, -0.2) is 24.6 Å². The molecule has 0 aliphatic rings. The molecule has 0 amide bonds. The Hall–Kier alpha value is -5.68. The van der Waals surface area contributed by atoms with Crippen molar-refractivity contribution < 1.29 is 0 Å². The molecular formula is C36H23N5. The third-order valence-electron chi connectivity index (χ3n) is 7.51. The lowest BCUT2D eigenvalue weighted by Gasteiger charge is -2.10. The van der Waals surface area contributed by atoms with Gasteiger partial charge in [-0.1, -0.05) is 97.1 Å². The van der Waals surface area contributed by atoms with Crippen LogP contribution in [0.5, 0.6) is 0 Å². The average Bonchev–Trinajstić information content (AvgIpc) is 3.49. The molecule has 41 heavy (non-hydrogen) atoms. The molecule has 0 N–H and O–H groups in total. The molecule has 192 valence electrons. The highest BCUT2D eigenvalue weighted by Crippen LogP contribution is 2.32. The van der Waals surface area contributed by atoms with E-state index >= 15 is 0 Å². The summed E-state index contributed by atoms with van der Waals surface area (Å²) in [4.78, 5) is 14.6. The van der Waals surface area contributed by atoms with E-state index < -0.39 is 0 Å². The van der Waals surface area contributed by atoms with Crippen LogP contribution in [0, 0.1) is 0 Å². The molecule has 0 radical (unpaired) electrons. The molecule has 0 fully saturated rings. The van der Waals surface area contributed by atoms with Gasteiger partial charge in [0.15, 0.2) is 11.5 Å². The molecule has 0 aliphatic carbocycles. The first-order valence-corrected chi connectivity index (χ1v) is 13.6. The van der Waals surface area contributed by atoms with Gasteiger partial charge >= 0.3 is 0 Å². The van der Waals surface area contributed by atoms with Gasteiger partial charge in [0.1, 0.15) is 0 Å². The fourth-order valence-corrected chi connectivity index (χ4v) is 5.45. The fraction of sp³-hybridized carbons (Fsp3) is 0. The van der Waals surface area contributed by atoms with E-state index in [1.54, 1.807) is 0 Å². The number of hydrogen-bond donors (Lipinski definition) is 0. The number of hydrogen-bond acceptors (Lipinski definition) is 4. The molecule has 0 unspecified atom stereocenters. The molecule has 0 saturated heterocycles. The quantitative estimate of drug-likeness (QED) is 0.216. The third-order valence-corrected chi connectivity index (χ3v) is 7.51. The van der Waals surface area contributed by atoms with Crippen molar-refractivity contribution in [2.45, 2.75) is 0 Å². The molecule has 0 aliphatic heterocycles. The van der Waals surface area contributed by atoms with E-state index in [1.807, 2.05) is 59.4 Å². The summed E-state index contributed by atoms with van der Waals surface area (Å²) in [7, 11) is 0. The lowest BCUT2D eigenvalue weighted by molar-refractivity contribution is 0.967. The van der Waals surface area contributed by atoms with Crippen molar-refractivity contribution in [2.75, 3.05) is 0 Å². The van der Waals surface area contributed by atoms with E-state index in [4.69, 9.17) is 20.1 Å². The number of nitrogens with zero attached hydrogens (tertiary/aromatic N) is 5. The van der Waals surface area contributed by atoms with Crippen molar-refractivity contribution >= 4 is 27.3 Å². The normalized spacial score (nSPS) is 11.4. The molecular weight excluding hydrogens is 502 g/mol. The molecule has 0 bridgehead atoms. The lowest BCUT2D eigenvalue weighted by Crippen LogP contribution is -1.92. The van der Waals surface area contributed by atoms with Gasteiger partial charge in [-0.05, 0) is 46.8 Å². The van der Waals surface area contributed by atoms with Gasteiger partial charge in [-0.2, -0.15) is 0 Å². The second-order valence-electron chi connectivity index (χ2n) is 10.1. The van der Waals surface area contributed by atoms with E-state index in [9.17, 15) is 0 Å². The topological polar surface area (TPSA) is 56.0 Å². The molecule has 0 atom stereocenters. The van der Waals surface area contributed by atoms with Crippen LogP contribution < -0.4 is 0 Å². The van der Waals surface area contributed by atoms with Gasteiger partial charge in [0.2, 0.25) is 0 Å². The Morgan fingerprint density at radius 2 is 1.22 bits per heavy atom. The summed E-state index contributed by atoms with van der Waals surface area (Å²) in [5, 5.41) is 8.23. The van der Waals surface area contributed by atoms with Gasteiger partial charge in [0, 0.05) is 39.9 Å². The first-order chi connectivity index (χ1) is 20.3. The Kier molecular flexibility index (Phi) is 5.38. The van der Waals surface area contributed by atoms with Crippen molar-refractivity contribution in [1.82, 2.24) is 24.6 Å². The molecule has 4 heterocycles. The van der Waals surface area contributed by atoms with Gasteiger partial charge in [-0.25, -0.2) is 14.5 Å². The predicted octanol–water partition coefficient (Wildman–Crippen LogP) is 8.49. The molecule has 5 nitrogen and oxygen atoms in total. The number of rotatable bonds is 4. The zero-order valence-corrected chi connectivity index (χ0v) is 22.0. The number of pyridine rings is 3. The SMILES string of the molecule is c1ccc(-c2ccc3nc(-c4cccc(-c5ccc(-c6nc7ccccc7c7ccccc67)nc5)c4)nn3c2)cc1. The van der Waals surface area contributed by atoms with Crippen LogP contribution >= 0.6 is 0 Å². The molecule has 0 saturated carbocycles. The van der Waals surface area contributed by atoms with Crippen molar-refractivity contribution in [3.8, 4) is 45.0 Å². The predicted molar refractivity (Wildman–Crippen MR) is 165 cm³/mol. The molecule has 8 aromatic rings. The summed E-state index contributed by atoms with van der Waals surface area (Å²) in [6.45, 7) is 0. The van der Waals surface area contributed by atoms with Crippen molar-refractivity contribution in [3.05, 3.63) is 140 Å². The van der Waals surface area contributed by atoms with E-state index in [1.165, 1.54) is 5.39 Å². The lowest BCUT2D eigenvalue weighted by atomic mass is 10.0. The van der Waals surface area contributed by atoms with Crippen LogP contribution in [0.1, 0.15) is 0 Å². The Morgan fingerprint density at radius 3 is 2.07 bits per heavy atom. The highest BCUT2D eigenvalue weighted by molar-refractivity contribution is 6.10. The maximum Gasteiger partial charge on any atom is 0.182 e. The summed E-state index contributed by atoms with van der Waals surface area (Å²) >= 11 is 0. The highest BCUT2D eigenvalue weighted by Gasteiger charge is 2.13. The average molecular weight is 526 g/mol. The summed E-state index contributed by atoms with van der Waals surface area (Å²) in [5.74, 6) is 0.688. The van der Waals surface area contributed by atoms with Crippen molar-refractivity contribution in [3.63, 3.8) is 0 Å². The van der Waals surface area contributed by atoms with E-state index in [0.717, 1.165) is 61.1 Å². The van der Waals surface area contributed by atoms with Crippen LogP contribution in [0.25, 0.3) is 72.4 Å². The fourth-order valence-electron chi connectivity index (χ4n) is 5.45. The molecule has 4 aromatic carbocycles. The standard InChI is InChI=1S/C36H23N5/c1-2-9-24(10-3-1)28-18-20-34-39-36(40-41(34)23-28)26-12-8-11-25(21-26)27-17-19-33(37-22-27)35-31-15-5-4-13-29(31)30-14-6-7-16-32(30)38-35/h1-23H. The smallest absolute Gasteiger partial charge is 0.182 e. The molecule has 4 aromatic heterocycles. The van der Waals surface area contributed by atoms with Gasteiger partial charge in [-0.3, -0.25) is 4.98 Å². The number of aromatic nitrogens is 5. The van der Waals surface area contributed by atoms with Crippen LogP contribution in [0.2, 0.25) is 0 Å². The number of benzene rings is 4. The van der Waals surface area contributed by atoms with Crippen molar-refractivity contribution in [1.29, 1.82) is 0 Å². The molecule has 5 heteroatoms. The van der Waals surface area contributed by atoms with E-state index in [-0.39, 0.29) is 0 Å². The monoisotopic (exact) mass is 525 g/mol. The Balaban J connectivity index is 1.14. The van der Waals surface area contributed by atoms with Gasteiger partial charge in [-0.15, -0.1) is 5.10 Å². The van der Waals surface area contributed by atoms with Gasteiger partial charge < -0.3 is 0 Å². The van der Waals surface area contributed by atoms with E-state index in [2.05, 4.69) is 84.9 Å². The minimum absolute atomic E-state index is 0.688. The highest BCUT2D eigenvalue weighted by atomic mass is 15.3. The Bertz CT molecular complexity index is 2200. The van der Waals surface area contributed by atoms with Crippen LogP contribution in [0.3, 0.4) is 0 Å². The zero-order chi connectivity index (χ0) is 27.2. The Labute approximate surface area is 236 Å². The number of fused-ring (bicyclic) bond motifs is 4. The maximum absolute atomic E-state index is 4.99. The summed E-state index contributed by atoms with van der Waals surface area (Å²) in [5.41, 5.74) is 8.81. The summed E-state index contributed by atoms with van der Waals surface area (Å²) in [6, 6.07) is 43.5. The number of para-hydroxylation sites is 1. The maximum atomic E-state index is 4.99. The van der Waals surface area contributed by atoms with Crippen LogP contribution in [0.4, 0.5) is 0 Å². The Morgan fingerprint density at radius 1 is 0.488 bits per heavy atom. The van der Waals surface area contributed by atoms with Gasteiger partial charge in [0.05, 0.1) is 16.9 Å². The van der Waals surface area contributed by atoms with E-state index in [0.29, 0.717) is 5.82 Å². The first kappa shape index (κ1) is 23.2. The van der Waals surface area contributed by atoms with Crippen molar-refractivity contribution in [2.24, 2.45) is 0 Å². The van der Waals surface area contributed by atoms with Crippen LogP contribution in [0.15, 0.2) is 140 Å². The zero-order valence-electron chi connectivity index (χ0n) is 22.0.